The van der Waals surface area contributed by atoms with Crippen LogP contribution < -0.4 is 4.90 Å². The number of piperazine rings is 1. The number of benzene rings is 1. The highest BCUT2D eigenvalue weighted by Gasteiger charge is 2.30. The van der Waals surface area contributed by atoms with E-state index in [1.54, 1.807) is 0 Å². The fourth-order valence-corrected chi connectivity index (χ4v) is 2.98. The zero-order chi connectivity index (χ0) is 11.0. The minimum atomic E-state index is 0.815. The molecule has 0 amide bonds. The number of anilines is 1. The molecule has 2 aliphatic heterocycles. The highest BCUT2D eigenvalue weighted by molar-refractivity contribution is 5.48. The van der Waals surface area contributed by atoms with Crippen molar-refractivity contribution in [2.45, 2.75) is 25.8 Å². The Balaban J connectivity index is 1.74. The van der Waals surface area contributed by atoms with Crippen molar-refractivity contribution in [3.05, 3.63) is 29.8 Å². The summed E-state index contributed by atoms with van der Waals surface area (Å²) in [5, 5.41) is 0. The third-order valence-corrected chi connectivity index (χ3v) is 3.99. The Bertz CT molecular complexity index is 358. The van der Waals surface area contributed by atoms with Crippen LogP contribution in [0.5, 0.6) is 0 Å². The Hall–Kier alpha value is -1.02. The fraction of sp³-hybridized carbons (Fsp3) is 0.571. The van der Waals surface area contributed by atoms with E-state index in [9.17, 15) is 0 Å². The average Bonchev–Trinajstić information content (AvgIpc) is 2.77. The van der Waals surface area contributed by atoms with Crippen LogP contribution in [0.15, 0.2) is 24.3 Å². The molecule has 2 nitrogen and oxygen atoms in total. The van der Waals surface area contributed by atoms with E-state index in [1.165, 1.54) is 50.3 Å². The van der Waals surface area contributed by atoms with Crippen LogP contribution in [-0.4, -0.2) is 37.1 Å². The second-order valence-corrected chi connectivity index (χ2v) is 5.11. The van der Waals surface area contributed by atoms with Gasteiger partial charge in [0.2, 0.25) is 0 Å². The molecule has 0 radical (unpaired) electrons. The van der Waals surface area contributed by atoms with Gasteiger partial charge in [-0.05, 0) is 38.4 Å². The van der Waals surface area contributed by atoms with Crippen LogP contribution in [0, 0.1) is 6.92 Å². The van der Waals surface area contributed by atoms with Gasteiger partial charge in [0.1, 0.15) is 0 Å². The molecular weight excluding hydrogens is 196 g/mol. The van der Waals surface area contributed by atoms with E-state index in [2.05, 4.69) is 41.0 Å². The Morgan fingerprint density at radius 2 is 1.88 bits per heavy atom. The van der Waals surface area contributed by atoms with Crippen molar-refractivity contribution in [2.75, 3.05) is 31.1 Å². The molecule has 0 unspecified atom stereocenters. The minimum Gasteiger partial charge on any atom is -0.369 e. The summed E-state index contributed by atoms with van der Waals surface area (Å²) in [5.74, 6) is 0. The van der Waals surface area contributed by atoms with Gasteiger partial charge in [-0.1, -0.05) is 17.7 Å². The number of nitrogens with zero attached hydrogens (tertiary/aromatic N) is 2. The SMILES string of the molecule is Cc1ccc(N2CCN3CCC[C@H]3C2)cc1. The molecule has 2 fully saturated rings. The van der Waals surface area contributed by atoms with Crippen molar-refractivity contribution in [1.29, 1.82) is 0 Å². The first kappa shape index (κ1) is 10.2. The van der Waals surface area contributed by atoms with Gasteiger partial charge >= 0.3 is 0 Å². The largest absolute Gasteiger partial charge is 0.369 e. The van der Waals surface area contributed by atoms with E-state index in [1.807, 2.05) is 0 Å². The second-order valence-electron chi connectivity index (χ2n) is 5.11. The van der Waals surface area contributed by atoms with Gasteiger partial charge in [0, 0.05) is 31.4 Å². The van der Waals surface area contributed by atoms with Crippen molar-refractivity contribution in [3.63, 3.8) is 0 Å². The Kier molecular flexibility index (Phi) is 2.60. The summed E-state index contributed by atoms with van der Waals surface area (Å²) in [4.78, 5) is 5.20. The molecule has 0 spiro atoms. The zero-order valence-electron chi connectivity index (χ0n) is 10.0. The number of aryl methyl sites for hydroxylation is 1. The summed E-state index contributed by atoms with van der Waals surface area (Å²) in [6.45, 7) is 7.15. The molecule has 0 bridgehead atoms. The van der Waals surface area contributed by atoms with Crippen molar-refractivity contribution < 1.29 is 0 Å². The summed E-state index contributed by atoms with van der Waals surface area (Å²) in [6.07, 6.45) is 2.79. The topological polar surface area (TPSA) is 6.48 Å². The average molecular weight is 216 g/mol. The van der Waals surface area contributed by atoms with Crippen LogP contribution in [0.3, 0.4) is 0 Å². The van der Waals surface area contributed by atoms with Gasteiger partial charge in [0.05, 0.1) is 0 Å². The predicted molar refractivity (Wildman–Crippen MR) is 68.0 cm³/mol. The Morgan fingerprint density at radius 1 is 1.06 bits per heavy atom. The maximum Gasteiger partial charge on any atom is 0.0367 e. The fourth-order valence-electron chi connectivity index (χ4n) is 2.98. The number of hydrogen-bond acceptors (Lipinski definition) is 2. The molecule has 0 aliphatic carbocycles. The van der Waals surface area contributed by atoms with Crippen LogP contribution in [0.1, 0.15) is 18.4 Å². The van der Waals surface area contributed by atoms with Gasteiger partial charge in [-0.15, -0.1) is 0 Å². The van der Waals surface area contributed by atoms with E-state index in [4.69, 9.17) is 0 Å². The molecule has 16 heavy (non-hydrogen) atoms. The Labute approximate surface area is 97.9 Å². The molecule has 1 aromatic rings. The lowest BCUT2D eigenvalue weighted by molar-refractivity contribution is 0.231. The first-order valence-electron chi connectivity index (χ1n) is 6.38. The molecule has 0 aromatic heterocycles. The monoisotopic (exact) mass is 216 g/mol. The molecule has 86 valence electrons. The molecule has 0 N–H and O–H groups in total. The third-order valence-electron chi connectivity index (χ3n) is 3.99. The smallest absolute Gasteiger partial charge is 0.0367 e. The van der Waals surface area contributed by atoms with Crippen LogP contribution in [0.25, 0.3) is 0 Å². The third kappa shape index (κ3) is 1.82. The van der Waals surface area contributed by atoms with Crippen molar-refractivity contribution in [1.82, 2.24) is 4.90 Å². The molecule has 2 heteroatoms. The first-order chi connectivity index (χ1) is 7.83. The van der Waals surface area contributed by atoms with Crippen LogP contribution in [-0.2, 0) is 0 Å². The van der Waals surface area contributed by atoms with Gasteiger partial charge in [0.25, 0.3) is 0 Å². The predicted octanol–water partition coefficient (Wildman–Crippen LogP) is 2.28. The molecule has 3 rings (SSSR count). The van der Waals surface area contributed by atoms with Crippen molar-refractivity contribution >= 4 is 5.69 Å². The van der Waals surface area contributed by atoms with Crippen LogP contribution in [0.2, 0.25) is 0 Å². The molecule has 2 aliphatic rings. The number of rotatable bonds is 1. The lowest BCUT2D eigenvalue weighted by Crippen LogP contribution is -2.50. The summed E-state index contributed by atoms with van der Waals surface area (Å²) in [5.41, 5.74) is 2.75. The normalized spacial score (nSPS) is 25.8. The van der Waals surface area contributed by atoms with E-state index in [-0.39, 0.29) is 0 Å². The summed E-state index contributed by atoms with van der Waals surface area (Å²) in [6, 6.07) is 9.78. The van der Waals surface area contributed by atoms with Gasteiger partial charge < -0.3 is 4.90 Å². The van der Waals surface area contributed by atoms with E-state index < -0.39 is 0 Å². The highest BCUT2D eigenvalue weighted by atomic mass is 15.3. The molecule has 2 saturated heterocycles. The van der Waals surface area contributed by atoms with Crippen LogP contribution >= 0.6 is 0 Å². The zero-order valence-corrected chi connectivity index (χ0v) is 10.0. The summed E-state index contributed by atoms with van der Waals surface area (Å²) < 4.78 is 0. The summed E-state index contributed by atoms with van der Waals surface area (Å²) in [7, 11) is 0. The van der Waals surface area contributed by atoms with Gasteiger partial charge in [-0.3, -0.25) is 4.90 Å². The van der Waals surface area contributed by atoms with E-state index >= 15 is 0 Å². The molecule has 0 saturated carbocycles. The highest BCUT2D eigenvalue weighted by Crippen LogP contribution is 2.25. The molecule has 2 heterocycles. The minimum absolute atomic E-state index is 0.815. The lowest BCUT2D eigenvalue weighted by Gasteiger charge is -2.38. The maximum atomic E-state index is 2.66. The summed E-state index contributed by atoms with van der Waals surface area (Å²) >= 11 is 0. The van der Waals surface area contributed by atoms with Crippen molar-refractivity contribution in [2.24, 2.45) is 0 Å². The number of fused-ring (bicyclic) bond motifs is 1. The molecule has 1 aromatic carbocycles. The van der Waals surface area contributed by atoms with Crippen LogP contribution in [0.4, 0.5) is 5.69 Å². The van der Waals surface area contributed by atoms with Crippen molar-refractivity contribution in [3.8, 4) is 0 Å². The van der Waals surface area contributed by atoms with E-state index in [0.717, 1.165) is 6.04 Å². The molecule has 1 atom stereocenters. The first-order valence-corrected chi connectivity index (χ1v) is 6.38. The van der Waals surface area contributed by atoms with Gasteiger partial charge in [-0.25, -0.2) is 0 Å². The molecular formula is C14H20N2. The second kappa shape index (κ2) is 4.10. The Morgan fingerprint density at radius 3 is 2.69 bits per heavy atom. The van der Waals surface area contributed by atoms with Gasteiger partial charge in [0.15, 0.2) is 0 Å². The standard InChI is InChI=1S/C14H20N2/c1-12-4-6-13(7-5-12)16-10-9-15-8-2-3-14(15)11-16/h4-7,14H,2-3,8-11H2,1H3/t14-/m0/s1. The maximum absolute atomic E-state index is 2.66. The number of hydrogen-bond donors (Lipinski definition) is 0. The quantitative estimate of drug-likeness (QED) is 0.710. The lowest BCUT2D eigenvalue weighted by atomic mass is 10.1. The van der Waals surface area contributed by atoms with Gasteiger partial charge in [-0.2, -0.15) is 0 Å². The van der Waals surface area contributed by atoms with E-state index in [0.29, 0.717) is 0 Å².